The van der Waals surface area contributed by atoms with E-state index >= 15 is 0 Å². The fourth-order valence-electron chi connectivity index (χ4n) is 1.72. The normalized spacial score (nSPS) is 11.6. The van der Waals surface area contributed by atoms with Crippen LogP contribution in [0.4, 0.5) is 0 Å². The molecule has 3 rings (SSSR count). The molecular weight excluding hydrogens is 286 g/mol. The molecule has 0 fully saturated rings. The molecule has 1 N–H and O–H groups in total. The highest BCUT2D eigenvalue weighted by molar-refractivity contribution is 7.71. The van der Waals surface area contributed by atoms with Crippen molar-refractivity contribution < 1.29 is 4.42 Å². The van der Waals surface area contributed by atoms with Gasteiger partial charge in [0.1, 0.15) is 5.76 Å². The number of rotatable bonds is 4. The third-order valence-electron chi connectivity index (χ3n) is 2.66. The molecule has 104 valence electrons. The molecule has 0 saturated carbocycles. The van der Waals surface area contributed by atoms with Crippen LogP contribution in [0.3, 0.4) is 0 Å². The number of nitrogens with one attached hydrogen (secondary N) is 1. The van der Waals surface area contributed by atoms with E-state index < -0.39 is 0 Å². The van der Waals surface area contributed by atoms with Crippen molar-refractivity contribution in [3.8, 4) is 11.4 Å². The number of aromatic nitrogens is 4. The highest BCUT2D eigenvalue weighted by Gasteiger charge is 2.06. The second kappa shape index (κ2) is 6.10. The number of allylic oxidation sites excluding steroid dienone is 1. The van der Waals surface area contributed by atoms with Crippen LogP contribution in [-0.4, -0.2) is 26.1 Å². The Labute approximate surface area is 125 Å². The van der Waals surface area contributed by atoms with Gasteiger partial charge in [-0.15, -0.1) is 0 Å². The molecule has 6 nitrogen and oxygen atoms in total. The van der Waals surface area contributed by atoms with Crippen molar-refractivity contribution in [1.29, 1.82) is 0 Å². The third kappa shape index (κ3) is 3.03. The molecule has 7 heteroatoms. The molecule has 21 heavy (non-hydrogen) atoms. The molecule has 0 aliphatic carbocycles. The molecule has 3 aromatic rings. The molecule has 0 unspecified atom stereocenters. The lowest BCUT2D eigenvalue weighted by Gasteiger charge is -1.98. The predicted octanol–water partition coefficient (Wildman–Crippen LogP) is 3.14. The smallest absolute Gasteiger partial charge is 0.216 e. The summed E-state index contributed by atoms with van der Waals surface area (Å²) in [7, 11) is 0. The Morgan fingerprint density at radius 1 is 1.29 bits per heavy atom. The Balaban J connectivity index is 1.86. The lowest BCUT2D eigenvalue weighted by Crippen LogP contribution is -1.93. The molecule has 0 bridgehead atoms. The molecule has 3 heterocycles. The minimum absolute atomic E-state index is 0.421. The van der Waals surface area contributed by atoms with Crippen LogP contribution in [-0.2, 0) is 0 Å². The van der Waals surface area contributed by atoms with E-state index in [1.54, 1.807) is 41.7 Å². The minimum atomic E-state index is 0.421. The third-order valence-corrected chi connectivity index (χ3v) is 2.93. The van der Waals surface area contributed by atoms with Gasteiger partial charge in [-0.25, -0.2) is 5.10 Å². The monoisotopic (exact) mass is 297 g/mol. The van der Waals surface area contributed by atoms with E-state index in [4.69, 9.17) is 16.6 Å². The summed E-state index contributed by atoms with van der Waals surface area (Å²) < 4.78 is 7.16. The first kappa shape index (κ1) is 13.2. The molecule has 0 aromatic carbocycles. The van der Waals surface area contributed by atoms with Crippen LogP contribution < -0.4 is 0 Å². The van der Waals surface area contributed by atoms with Gasteiger partial charge in [0.05, 0.1) is 6.26 Å². The van der Waals surface area contributed by atoms with Crippen LogP contribution in [0.1, 0.15) is 5.76 Å². The lowest BCUT2D eigenvalue weighted by molar-refractivity contribution is 0.557. The maximum absolute atomic E-state index is 5.19. The zero-order valence-electron chi connectivity index (χ0n) is 10.9. The van der Waals surface area contributed by atoms with Crippen LogP contribution in [0, 0.1) is 4.77 Å². The van der Waals surface area contributed by atoms with E-state index in [0.29, 0.717) is 10.6 Å². The van der Waals surface area contributed by atoms with Crippen molar-refractivity contribution in [3.05, 3.63) is 59.5 Å². The Kier molecular flexibility index (Phi) is 3.83. The quantitative estimate of drug-likeness (QED) is 0.593. The topological polar surface area (TPSA) is 72.0 Å². The number of hydrogen-bond donors (Lipinski definition) is 1. The highest BCUT2D eigenvalue weighted by Crippen LogP contribution is 2.15. The van der Waals surface area contributed by atoms with E-state index in [0.717, 1.165) is 11.3 Å². The number of hydrogen-bond acceptors (Lipinski definition) is 5. The van der Waals surface area contributed by atoms with Gasteiger partial charge in [0, 0.05) is 24.2 Å². The van der Waals surface area contributed by atoms with Gasteiger partial charge >= 0.3 is 0 Å². The maximum Gasteiger partial charge on any atom is 0.216 e. The average molecular weight is 297 g/mol. The Morgan fingerprint density at radius 3 is 2.90 bits per heavy atom. The summed E-state index contributed by atoms with van der Waals surface area (Å²) in [6.45, 7) is 0. The molecule has 3 aromatic heterocycles. The van der Waals surface area contributed by atoms with Gasteiger partial charge < -0.3 is 4.42 Å². The molecule has 0 spiro atoms. The number of aromatic amines is 1. The summed E-state index contributed by atoms with van der Waals surface area (Å²) >= 11 is 5.18. The second-order valence-electron chi connectivity index (χ2n) is 4.04. The summed E-state index contributed by atoms with van der Waals surface area (Å²) in [6.07, 6.45) is 10.2. The van der Waals surface area contributed by atoms with E-state index in [-0.39, 0.29) is 0 Å². The molecule has 0 aliphatic heterocycles. The van der Waals surface area contributed by atoms with Crippen LogP contribution in [0.15, 0.2) is 58.5 Å². The number of H-pyrrole nitrogens is 1. The summed E-state index contributed by atoms with van der Waals surface area (Å²) in [4.78, 5) is 3.98. The summed E-state index contributed by atoms with van der Waals surface area (Å²) in [5.41, 5.74) is 0.879. The molecule has 0 amide bonds. The fourth-order valence-corrected chi connectivity index (χ4v) is 1.90. The number of furan rings is 1. The summed E-state index contributed by atoms with van der Waals surface area (Å²) in [5, 5.41) is 11.2. The minimum Gasteiger partial charge on any atom is -0.465 e. The van der Waals surface area contributed by atoms with Crippen LogP contribution >= 0.6 is 12.2 Å². The average Bonchev–Trinajstić information content (AvgIpc) is 3.15. The summed E-state index contributed by atoms with van der Waals surface area (Å²) in [5.74, 6) is 1.39. The zero-order chi connectivity index (χ0) is 14.5. The Bertz CT molecular complexity index is 815. The van der Waals surface area contributed by atoms with Crippen molar-refractivity contribution in [2.75, 3.05) is 0 Å². The fraction of sp³-hybridized carbons (Fsp3) is 0. The first-order valence-corrected chi connectivity index (χ1v) is 6.58. The molecule has 0 saturated heterocycles. The Hall–Kier alpha value is -2.80. The molecule has 0 aliphatic rings. The van der Waals surface area contributed by atoms with Crippen molar-refractivity contribution in [2.45, 2.75) is 0 Å². The van der Waals surface area contributed by atoms with Crippen LogP contribution in [0.25, 0.3) is 17.5 Å². The zero-order valence-corrected chi connectivity index (χ0v) is 11.7. The largest absolute Gasteiger partial charge is 0.465 e. The SMILES string of the molecule is S=c1[nH]nc(-c2ccncc2)n1N=C/C=C/c1ccco1. The first-order valence-electron chi connectivity index (χ1n) is 6.17. The number of pyridine rings is 1. The molecule has 0 atom stereocenters. The summed E-state index contributed by atoms with van der Waals surface area (Å²) in [6, 6.07) is 7.37. The van der Waals surface area contributed by atoms with Crippen molar-refractivity contribution >= 4 is 24.5 Å². The van der Waals surface area contributed by atoms with Gasteiger partial charge in [-0.05, 0) is 48.6 Å². The molecule has 0 radical (unpaired) electrons. The van der Waals surface area contributed by atoms with Gasteiger partial charge in [0.2, 0.25) is 4.77 Å². The van der Waals surface area contributed by atoms with Gasteiger partial charge in [-0.3, -0.25) is 4.98 Å². The van der Waals surface area contributed by atoms with Crippen LogP contribution in [0.5, 0.6) is 0 Å². The lowest BCUT2D eigenvalue weighted by atomic mass is 10.2. The van der Waals surface area contributed by atoms with E-state index in [9.17, 15) is 0 Å². The van der Waals surface area contributed by atoms with E-state index in [2.05, 4.69) is 20.3 Å². The van der Waals surface area contributed by atoms with Gasteiger partial charge in [-0.1, -0.05) is 0 Å². The van der Waals surface area contributed by atoms with Crippen molar-refractivity contribution in [2.24, 2.45) is 5.10 Å². The van der Waals surface area contributed by atoms with Gasteiger partial charge in [-0.2, -0.15) is 14.9 Å². The van der Waals surface area contributed by atoms with Crippen molar-refractivity contribution in [3.63, 3.8) is 0 Å². The highest BCUT2D eigenvalue weighted by atomic mass is 32.1. The van der Waals surface area contributed by atoms with Gasteiger partial charge in [0.15, 0.2) is 5.82 Å². The first-order chi connectivity index (χ1) is 10.3. The van der Waals surface area contributed by atoms with E-state index in [1.165, 1.54) is 0 Å². The van der Waals surface area contributed by atoms with Gasteiger partial charge in [0.25, 0.3) is 0 Å². The second-order valence-corrected chi connectivity index (χ2v) is 4.43. The van der Waals surface area contributed by atoms with E-state index in [1.807, 2.05) is 24.3 Å². The van der Waals surface area contributed by atoms with Crippen LogP contribution in [0.2, 0.25) is 0 Å². The Morgan fingerprint density at radius 2 is 2.14 bits per heavy atom. The maximum atomic E-state index is 5.19. The standard InChI is InChI=1S/C14H11N5OS/c21-14-18-17-13(11-5-8-15-9-6-11)19(14)16-7-1-3-12-4-2-10-20-12/h1-10H,(H,18,21)/b3-1+,16-7?. The molecular formula is C14H11N5OS. The van der Waals surface area contributed by atoms with Crippen molar-refractivity contribution in [1.82, 2.24) is 19.9 Å². The number of nitrogens with zero attached hydrogens (tertiary/aromatic N) is 4. The predicted molar refractivity (Wildman–Crippen MR) is 82.3 cm³/mol.